The molecule has 0 atom stereocenters. The molecule has 4 nitrogen and oxygen atoms in total. The van der Waals surface area contributed by atoms with Gasteiger partial charge < -0.3 is 9.32 Å². The highest BCUT2D eigenvalue weighted by Gasteiger charge is 2.17. The molecule has 0 unspecified atom stereocenters. The number of aromatic nitrogens is 2. The molecule has 3 heterocycles. The third-order valence-electron chi connectivity index (χ3n) is 8.42. The minimum absolute atomic E-state index is 0.653. The van der Waals surface area contributed by atoms with E-state index in [0.29, 0.717) is 5.71 Å². The summed E-state index contributed by atoms with van der Waals surface area (Å²) in [6, 6.07) is 52.9. The highest BCUT2D eigenvalue weighted by atomic mass is 16.3. The van der Waals surface area contributed by atoms with Crippen LogP contribution in [0.4, 0.5) is 17.1 Å². The monoisotopic (exact) mass is 563 g/mol. The zero-order valence-corrected chi connectivity index (χ0v) is 23.7. The molecule has 9 aromatic rings. The molecule has 0 saturated heterocycles. The first-order valence-corrected chi connectivity index (χ1v) is 14.7. The molecule has 9 rings (SSSR count). The molecule has 0 saturated carbocycles. The SMILES string of the molecule is c1ccc2cc(N(c3ccc(-c4ccc5ccccc5n4)cc3)c3ccc4c(c3)oc3nc5ccccc5cc34)ccc2c1. The molecule has 44 heavy (non-hydrogen) atoms. The van der Waals surface area contributed by atoms with E-state index in [0.717, 1.165) is 66.5 Å². The van der Waals surface area contributed by atoms with Crippen LogP contribution in [0.1, 0.15) is 0 Å². The van der Waals surface area contributed by atoms with Gasteiger partial charge in [-0.25, -0.2) is 9.97 Å². The molecule has 0 radical (unpaired) electrons. The number of pyridine rings is 2. The summed E-state index contributed by atoms with van der Waals surface area (Å²) in [4.78, 5) is 12.0. The van der Waals surface area contributed by atoms with Gasteiger partial charge in [-0.05, 0) is 71.4 Å². The first-order valence-electron chi connectivity index (χ1n) is 14.7. The van der Waals surface area contributed by atoms with E-state index in [-0.39, 0.29) is 0 Å². The fourth-order valence-electron chi connectivity index (χ4n) is 6.20. The summed E-state index contributed by atoms with van der Waals surface area (Å²) < 4.78 is 6.36. The van der Waals surface area contributed by atoms with Crippen LogP contribution in [0.2, 0.25) is 0 Å². The van der Waals surface area contributed by atoms with E-state index in [1.165, 1.54) is 10.8 Å². The van der Waals surface area contributed by atoms with Gasteiger partial charge in [0.1, 0.15) is 5.58 Å². The number of nitrogens with zero attached hydrogens (tertiary/aromatic N) is 3. The molecule has 0 aliphatic heterocycles. The van der Waals surface area contributed by atoms with Crippen molar-refractivity contribution in [3.05, 3.63) is 152 Å². The lowest BCUT2D eigenvalue weighted by Crippen LogP contribution is -2.09. The predicted octanol–water partition coefficient (Wildman–Crippen LogP) is 11.0. The minimum Gasteiger partial charge on any atom is -0.438 e. The maximum Gasteiger partial charge on any atom is 0.227 e. The van der Waals surface area contributed by atoms with Crippen molar-refractivity contribution in [1.29, 1.82) is 0 Å². The van der Waals surface area contributed by atoms with Crippen LogP contribution in [0.15, 0.2) is 156 Å². The maximum atomic E-state index is 6.36. The summed E-state index contributed by atoms with van der Waals surface area (Å²) in [7, 11) is 0. The highest BCUT2D eigenvalue weighted by Crippen LogP contribution is 2.40. The first kappa shape index (κ1) is 24.6. The molecule has 6 aromatic carbocycles. The fourth-order valence-corrected chi connectivity index (χ4v) is 6.20. The van der Waals surface area contributed by atoms with E-state index >= 15 is 0 Å². The molecule has 0 bridgehead atoms. The average Bonchev–Trinajstić information content (AvgIpc) is 3.44. The summed E-state index contributed by atoms with van der Waals surface area (Å²) in [5.74, 6) is 0. The number of fused-ring (bicyclic) bond motifs is 6. The Morgan fingerprint density at radius 2 is 1.07 bits per heavy atom. The summed E-state index contributed by atoms with van der Waals surface area (Å²) in [6.07, 6.45) is 0. The van der Waals surface area contributed by atoms with E-state index in [1.54, 1.807) is 0 Å². The average molecular weight is 564 g/mol. The van der Waals surface area contributed by atoms with Gasteiger partial charge in [0.05, 0.1) is 16.7 Å². The van der Waals surface area contributed by atoms with Gasteiger partial charge in [0.15, 0.2) is 0 Å². The van der Waals surface area contributed by atoms with Crippen LogP contribution in [0.3, 0.4) is 0 Å². The van der Waals surface area contributed by atoms with Gasteiger partial charge in [-0.3, -0.25) is 0 Å². The van der Waals surface area contributed by atoms with Crippen molar-refractivity contribution < 1.29 is 4.42 Å². The number of anilines is 3. The molecule has 0 amide bonds. The summed E-state index contributed by atoms with van der Waals surface area (Å²) >= 11 is 0. The van der Waals surface area contributed by atoms with Gasteiger partial charge in [0, 0.05) is 50.2 Å². The van der Waals surface area contributed by atoms with Crippen LogP contribution in [-0.2, 0) is 0 Å². The second-order valence-corrected chi connectivity index (χ2v) is 11.1. The Bertz CT molecular complexity index is 2510. The van der Waals surface area contributed by atoms with Gasteiger partial charge >= 0.3 is 0 Å². The molecule has 206 valence electrons. The third kappa shape index (κ3) is 4.08. The number of benzene rings is 6. The van der Waals surface area contributed by atoms with Crippen LogP contribution in [-0.4, -0.2) is 9.97 Å². The van der Waals surface area contributed by atoms with Gasteiger partial charge in [-0.1, -0.05) is 84.9 Å². The lowest BCUT2D eigenvalue weighted by molar-refractivity contribution is 0.656. The number of furan rings is 1. The second kappa shape index (κ2) is 9.79. The van der Waals surface area contributed by atoms with Gasteiger partial charge in [0.2, 0.25) is 5.71 Å². The van der Waals surface area contributed by atoms with Crippen LogP contribution >= 0.6 is 0 Å². The molecule has 3 aromatic heterocycles. The number of para-hydroxylation sites is 2. The maximum absolute atomic E-state index is 6.36. The van der Waals surface area contributed by atoms with Crippen LogP contribution in [0, 0.1) is 0 Å². The van der Waals surface area contributed by atoms with E-state index in [4.69, 9.17) is 14.4 Å². The summed E-state index contributed by atoms with van der Waals surface area (Å²) in [6.45, 7) is 0. The summed E-state index contributed by atoms with van der Waals surface area (Å²) in [5.41, 5.74) is 8.53. The predicted molar refractivity (Wildman–Crippen MR) is 182 cm³/mol. The van der Waals surface area contributed by atoms with Crippen LogP contribution < -0.4 is 4.90 Å². The van der Waals surface area contributed by atoms with Crippen molar-refractivity contribution in [3.8, 4) is 11.3 Å². The number of hydrogen-bond acceptors (Lipinski definition) is 4. The van der Waals surface area contributed by atoms with Gasteiger partial charge in [-0.15, -0.1) is 0 Å². The second-order valence-electron chi connectivity index (χ2n) is 11.1. The van der Waals surface area contributed by atoms with Crippen molar-refractivity contribution >= 4 is 71.7 Å². The Kier molecular flexibility index (Phi) is 5.47. The molecule has 0 N–H and O–H groups in total. The van der Waals surface area contributed by atoms with E-state index in [9.17, 15) is 0 Å². The molecule has 0 aliphatic rings. The Hall–Kier alpha value is -6.00. The largest absolute Gasteiger partial charge is 0.438 e. The fraction of sp³-hybridized carbons (Fsp3) is 0. The van der Waals surface area contributed by atoms with E-state index in [2.05, 4.69) is 126 Å². The molecule has 0 spiro atoms. The van der Waals surface area contributed by atoms with Crippen LogP contribution in [0.5, 0.6) is 0 Å². The van der Waals surface area contributed by atoms with Gasteiger partial charge in [-0.2, -0.15) is 0 Å². The zero-order valence-electron chi connectivity index (χ0n) is 23.7. The molecule has 0 aliphatic carbocycles. The first-order chi connectivity index (χ1) is 21.8. The van der Waals surface area contributed by atoms with Crippen LogP contribution in [0.25, 0.3) is 65.9 Å². The standard InChI is InChI=1S/C40H25N3O/c1-2-9-29-23-32(19-13-26(29)7-1)43(31-17-14-28(15-18-31)38-22-16-27-8-3-5-11-36(27)41-38)33-20-21-34-35-24-30-10-4-6-12-37(30)42-40(35)44-39(34)25-33/h1-25H. The highest BCUT2D eigenvalue weighted by molar-refractivity contribution is 6.08. The van der Waals surface area contributed by atoms with Crippen molar-refractivity contribution in [1.82, 2.24) is 9.97 Å². The Morgan fingerprint density at radius 1 is 0.432 bits per heavy atom. The van der Waals surface area contributed by atoms with Crippen molar-refractivity contribution in [2.24, 2.45) is 0 Å². The van der Waals surface area contributed by atoms with E-state index in [1.807, 2.05) is 30.3 Å². The molecular formula is C40H25N3O. The van der Waals surface area contributed by atoms with Crippen molar-refractivity contribution in [2.45, 2.75) is 0 Å². The Labute approximate surface area is 253 Å². The normalized spacial score (nSPS) is 11.6. The zero-order chi connectivity index (χ0) is 29.0. The minimum atomic E-state index is 0.653. The number of hydrogen-bond donors (Lipinski definition) is 0. The van der Waals surface area contributed by atoms with Gasteiger partial charge in [0.25, 0.3) is 0 Å². The van der Waals surface area contributed by atoms with Crippen molar-refractivity contribution in [2.75, 3.05) is 4.90 Å². The number of rotatable bonds is 4. The Balaban J connectivity index is 1.19. The third-order valence-corrected chi connectivity index (χ3v) is 8.42. The van der Waals surface area contributed by atoms with E-state index < -0.39 is 0 Å². The summed E-state index contributed by atoms with van der Waals surface area (Å²) in [5, 5.41) is 6.71. The smallest absolute Gasteiger partial charge is 0.227 e. The van der Waals surface area contributed by atoms with Crippen molar-refractivity contribution in [3.63, 3.8) is 0 Å². The lowest BCUT2D eigenvalue weighted by atomic mass is 10.1. The Morgan fingerprint density at radius 3 is 1.91 bits per heavy atom. The quantitative estimate of drug-likeness (QED) is 0.214. The molecule has 0 fully saturated rings. The molecule has 4 heteroatoms. The molecular weight excluding hydrogens is 538 g/mol. The lowest BCUT2D eigenvalue weighted by Gasteiger charge is -2.26. The topological polar surface area (TPSA) is 42.2 Å².